The van der Waals surface area contributed by atoms with Gasteiger partial charge >= 0.3 is 0 Å². The van der Waals surface area contributed by atoms with Gasteiger partial charge in [-0.05, 0) is 72.6 Å². The molecular formula is C27H26N2O2S. The van der Waals surface area contributed by atoms with Crippen molar-refractivity contribution in [2.24, 2.45) is 0 Å². The molecule has 0 bridgehead atoms. The van der Waals surface area contributed by atoms with Gasteiger partial charge in [0.25, 0.3) is 0 Å². The van der Waals surface area contributed by atoms with E-state index in [1.165, 1.54) is 32.6 Å². The summed E-state index contributed by atoms with van der Waals surface area (Å²) >= 11 is 1.85. The molecule has 0 saturated heterocycles. The Balaban J connectivity index is 1.22. The number of nitrogens with one attached hydrogen (secondary N) is 1. The van der Waals surface area contributed by atoms with Crippen molar-refractivity contribution in [3.05, 3.63) is 90.5 Å². The van der Waals surface area contributed by atoms with Crippen molar-refractivity contribution < 1.29 is 9.78 Å². The van der Waals surface area contributed by atoms with Gasteiger partial charge in [-0.15, -0.1) is 0 Å². The summed E-state index contributed by atoms with van der Waals surface area (Å²) in [5, 5.41) is 6.38. The zero-order valence-corrected chi connectivity index (χ0v) is 19.1. The fourth-order valence-corrected chi connectivity index (χ4v) is 5.30. The smallest absolute Gasteiger partial charge is 0.178 e. The lowest BCUT2D eigenvalue weighted by molar-refractivity contribution is -0.0999. The minimum atomic E-state index is 0.179. The van der Waals surface area contributed by atoms with E-state index >= 15 is 0 Å². The maximum atomic E-state index is 5.54. The van der Waals surface area contributed by atoms with Gasteiger partial charge in [0.05, 0.1) is 0 Å². The summed E-state index contributed by atoms with van der Waals surface area (Å²) in [6.45, 7) is 6.27. The number of nitrogens with zero attached hydrogens (tertiary/aromatic N) is 1. The molecule has 1 aliphatic heterocycles. The molecule has 32 heavy (non-hydrogen) atoms. The lowest BCUT2D eigenvalue weighted by atomic mass is 10.1. The maximum Gasteiger partial charge on any atom is 0.178 e. The molecule has 0 saturated carbocycles. The number of thioether (sulfide) groups is 1. The molecule has 0 spiro atoms. The first kappa shape index (κ1) is 20.6. The minimum absolute atomic E-state index is 0.179. The van der Waals surface area contributed by atoms with Crippen LogP contribution in [0.25, 0.3) is 10.8 Å². The molecule has 1 N–H and O–H groups in total. The van der Waals surface area contributed by atoms with E-state index in [0.717, 1.165) is 13.1 Å². The zero-order valence-electron chi connectivity index (χ0n) is 18.2. The Hall–Kier alpha value is -3.31. The van der Waals surface area contributed by atoms with Crippen LogP contribution >= 0.6 is 11.8 Å². The van der Waals surface area contributed by atoms with Crippen LogP contribution in [0.1, 0.15) is 24.8 Å². The van der Waals surface area contributed by atoms with Crippen molar-refractivity contribution in [2.75, 3.05) is 23.3 Å². The Labute approximate surface area is 193 Å². The van der Waals surface area contributed by atoms with Crippen LogP contribution in [0.2, 0.25) is 0 Å². The Morgan fingerprint density at radius 3 is 2.12 bits per heavy atom. The maximum absolute atomic E-state index is 5.54. The zero-order chi connectivity index (χ0) is 21.9. The van der Waals surface area contributed by atoms with E-state index in [2.05, 4.69) is 84.7 Å². The normalized spacial score (nSPS) is 14.6. The first-order valence-electron chi connectivity index (χ1n) is 11.0. The van der Waals surface area contributed by atoms with E-state index in [9.17, 15) is 0 Å². The van der Waals surface area contributed by atoms with Gasteiger partial charge in [0, 0.05) is 29.4 Å². The van der Waals surface area contributed by atoms with E-state index in [1.807, 2.05) is 36.0 Å². The molecule has 5 rings (SSSR count). The van der Waals surface area contributed by atoms with Crippen molar-refractivity contribution in [1.82, 2.24) is 0 Å². The third-order valence-electron chi connectivity index (χ3n) is 5.78. The average molecular weight is 443 g/mol. The summed E-state index contributed by atoms with van der Waals surface area (Å²) in [4.78, 5) is 14.7. The molecule has 1 heterocycles. The topological polar surface area (TPSA) is 33.7 Å². The van der Waals surface area contributed by atoms with Crippen molar-refractivity contribution in [3.63, 3.8) is 0 Å². The van der Waals surface area contributed by atoms with Gasteiger partial charge in [0.1, 0.15) is 5.37 Å². The highest BCUT2D eigenvalue weighted by Crippen LogP contribution is 2.49. The van der Waals surface area contributed by atoms with Crippen LogP contribution in [0.4, 0.5) is 11.4 Å². The third-order valence-corrected chi connectivity index (χ3v) is 7.09. The lowest BCUT2D eigenvalue weighted by Crippen LogP contribution is -2.21. The molecule has 4 nitrogen and oxygen atoms in total. The van der Waals surface area contributed by atoms with E-state index in [1.54, 1.807) is 0 Å². The highest BCUT2D eigenvalue weighted by molar-refractivity contribution is 8.00. The molecule has 162 valence electrons. The van der Waals surface area contributed by atoms with Crippen molar-refractivity contribution in [1.29, 1.82) is 0 Å². The third kappa shape index (κ3) is 4.08. The van der Waals surface area contributed by atoms with Crippen LogP contribution in [0.15, 0.2) is 89.8 Å². The second-order valence-corrected chi connectivity index (χ2v) is 8.82. The van der Waals surface area contributed by atoms with Crippen LogP contribution in [-0.4, -0.2) is 13.1 Å². The van der Waals surface area contributed by atoms with Gasteiger partial charge in [-0.3, -0.25) is 9.78 Å². The summed E-state index contributed by atoms with van der Waals surface area (Å²) in [6, 6.07) is 28.9. The fourth-order valence-electron chi connectivity index (χ4n) is 4.02. The van der Waals surface area contributed by atoms with E-state index in [-0.39, 0.29) is 5.37 Å². The van der Waals surface area contributed by atoms with Gasteiger partial charge < -0.3 is 10.2 Å². The first-order valence-corrected chi connectivity index (χ1v) is 11.9. The van der Waals surface area contributed by atoms with E-state index in [4.69, 9.17) is 9.78 Å². The molecule has 0 amide bonds. The number of hydrogen-bond donors (Lipinski definition) is 1. The fraction of sp³-hybridized carbons (Fsp3) is 0.185. The van der Waals surface area contributed by atoms with Gasteiger partial charge in [0.15, 0.2) is 11.5 Å². The Kier molecular flexibility index (Phi) is 5.82. The SMILES string of the molecule is CCN(CC)c1ccc(OOc2ccc(C3Nc4ccc5ccccc5c4S3)cc2)cc1. The van der Waals surface area contributed by atoms with Crippen molar-refractivity contribution in [3.8, 4) is 11.5 Å². The van der Waals surface area contributed by atoms with E-state index in [0.29, 0.717) is 11.5 Å². The molecule has 1 unspecified atom stereocenters. The minimum Gasteiger partial charge on any atom is -0.372 e. The molecule has 5 heteroatoms. The number of anilines is 2. The summed E-state index contributed by atoms with van der Waals surface area (Å²) in [5.41, 5.74) is 3.57. The Bertz CT molecular complexity index is 1200. The number of benzene rings is 4. The molecule has 4 aromatic rings. The van der Waals surface area contributed by atoms with Gasteiger partial charge in [0.2, 0.25) is 0 Å². The number of fused-ring (bicyclic) bond motifs is 3. The summed E-state index contributed by atoms with van der Waals surface area (Å²) in [6.07, 6.45) is 0. The molecule has 0 aromatic heterocycles. The first-order chi connectivity index (χ1) is 15.7. The molecule has 1 atom stereocenters. The number of rotatable bonds is 7. The molecule has 1 aliphatic rings. The molecule has 4 aromatic carbocycles. The predicted octanol–water partition coefficient (Wildman–Crippen LogP) is 7.28. The summed E-state index contributed by atoms with van der Waals surface area (Å²) in [5.74, 6) is 1.35. The largest absolute Gasteiger partial charge is 0.372 e. The standard InChI is InChI=1S/C27H26N2O2S/c1-3-29(4-2)21-12-16-23(17-13-21)31-30-22-14-9-20(10-15-22)27-28-25-18-11-19-7-5-6-8-24(19)26(25)32-27/h5-18,27-28H,3-4H2,1-2H3. The lowest BCUT2D eigenvalue weighted by Gasteiger charge is -2.20. The quantitative estimate of drug-likeness (QED) is 0.240. The highest BCUT2D eigenvalue weighted by Gasteiger charge is 2.24. The number of hydrogen-bond acceptors (Lipinski definition) is 5. The molecule has 0 fully saturated rings. The highest BCUT2D eigenvalue weighted by atomic mass is 32.2. The van der Waals surface area contributed by atoms with Crippen molar-refractivity contribution in [2.45, 2.75) is 24.1 Å². The summed E-state index contributed by atoms with van der Waals surface area (Å²) < 4.78 is 0. The van der Waals surface area contributed by atoms with Crippen molar-refractivity contribution >= 4 is 33.9 Å². The average Bonchev–Trinajstić information content (AvgIpc) is 3.30. The van der Waals surface area contributed by atoms with Gasteiger partial charge in [-0.1, -0.05) is 54.2 Å². The van der Waals surface area contributed by atoms with Crippen LogP contribution < -0.4 is 20.0 Å². The Morgan fingerprint density at radius 2 is 1.44 bits per heavy atom. The van der Waals surface area contributed by atoms with Gasteiger partial charge in [-0.2, -0.15) is 0 Å². The second-order valence-electron chi connectivity index (χ2n) is 7.71. The van der Waals surface area contributed by atoms with Crippen LogP contribution in [0.5, 0.6) is 11.5 Å². The van der Waals surface area contributed by atoms with Crippen LogP contribution in [0, 0.1) is 0 Å². The second kappa shape index (κ2) is 9.05. The predicted molar refractivity (Wildman–Crippen MR) is 134 cm³/mol. The monoisotopic (exact) mass is 442 g/mol. The molecular weight excluding hydrogens is 416 g/mol. The van der Waals surface area contributed by atoms with E-state index < -0.39 is 0 Å². The summed E-state index contributed by atoms with van der Waals surface area (Å²) in [7, 11) is 0. The molecule has 0 aliphatic carbocycles. The molecule has 0 radical (unpaired) electrons. The van der Waals surface area contributed by atoms with Crippen LogP contribution in [-0.2, 0) is 0 Å². The van der Waals surface area contributed by atoms with Crippen LogP contribution in [0.3, 0.4) is 0 Å². The van der Waals surface area contributed by atoms with Gasteiger partial charge in [-0.25, -0.2) is 0 Å². The Morgan fingerprint density at radius 1 is 0.781 bits per heavy atom.